The monoisotopic (exact) mass is 344 g/mol. The average molecular weight is 344 g/mol. The van der Waals surface area contributed by atoms with Crippen LogP contribution in [0, 0.1) is 13.8 Å². The van der Waals surface area contributed by atoms with E-state index in [9.17, 15) is 0 Å². The lowest BCUT2D eigenvalue weighted by atomic mass is 9.85. The van der Waals surface area contributed by atoms with Gasteiger partial charge in [-0.3, -0.25) is 0 Å². The molecule has 4 aromatic rings. The number of hydrogen-bond donors (Lipinski definition) is 0. The Morgan fingerprint density at radius 3 is 2.38 bits per heavy atom. The van der Waals surface area contributed by atoms with Crippen LogP contribution in [0.15, 0.2) is 53.1 Å². The molecular weight excluding hydrogens is 318 g/mol. The molecule has 2 nitrogen and oxygen atoms in total. The molecule has 132 valence electrons. The molecule has 26 heavy (non-hydrogen) atoms. The highest BCUT2D eigenvalue weighted by atomic mass is 16.3. The largest absolute Gasteiger partial charge is 0.464 e. The standard InChI is InChI=1S/C24H26NO/c1-15-11-17-9-10-26-22(17)14-21(15)23-20-8-7-19(24(3,4)5)13-18(20)12-16(2)25(23)6/h7-14H,1-6H3/q+1. The fourth-order valence-corrected chi connectivity index (χ4v) is 3.75. The highest BCUT2D eigenvalue weighted by molar-refractivity contribution is 5.96. The summed E-state index contributed by atoms with van der Waals surface area (Å²) < 4.78 is 7.96. The summed E-state index contributed by atoms with van der Waals surface area (Å²) in [5, 5.41) is 3.72. The van der Waals surface area contributed by atoms with Crippen LogP contribution >= 0.6 is 0 Å². The molecule has 2 aromatic heterocycles. The summed E-state index contributed by atoms with van der Waals surface area (Å²) in [4.78, 5) is 0. The van der Waals surface area contributed by atoms with Gasteiger partial charge in [-0.1, -0.05) is 32.9 Å². The van der Waals surface area contributed by atoms with Crippen molar-refractivity contribution in [2.75, 3.05) is 0 Å². The Bertz CT molecular complexity index is 1140. The van der Waals surface area contributed by atoms with E-state index < -0.39 is 0 Å². The van der Waals surface area contributed by atoms with Crippen molar-refractivity contribution in [3.63, 3.8) is 0 Å². The quantitative estimate of drug-likeness (QED) is 0.387. The Labute approximate surface area is 155 Å². The molecule has 0 unspecified atom stereocenters. The zero-order valence-electron chi connectivity index (χ0n) is 16.5. The van der Waals surface area contributed by atoms with Gasteiger partial charge in [-0.15, -0.1) is 0 Å². The fraction of sp³-hybridized carbons (Fsp3) is 0.292. The number of aromatic nitrogens is 1. The summed E-state index contributed by atoms with van der Waals surface area (Å²) in [6.07, 6.45) is 1.76. The number of furan rings is 1. The van der Waals surface area contributed by atoms with Crippen LogP contribution in [0.25, 0.3) is 33.0 Å². The molecule has 0 aliphatic rings. The van der Waals surface area contributed by atoms with Gasteiger partial charge in [0.25, 0.3) is 0 Å². The van der Waals surface area contributed by atoms with Crippen LogP contribution in [0.2, 0.25) is 0 Å². The summed E-state index contributed by atoms with van der Waals surface area (Å²) in [5.41, 5.74) is 7.43. The summed E-state index contributed by atoms with van der Waals surface area (Å²) in [5.74, 6) is 0. The molecule has 4 rings (SSSR count). The van der Waals surface area contributed by atoms with Crippen LogP contribution in [-0.2, 0) is 12.5 Å². The summed E-state index contributed by atoms with van der Waals surface area (Å²) in [6, 6.07) is 15.6. The normalized spacial score (nSPS) is 12.2. The van der Waals surface area contributed by atoms with E-state index in [1.54, 1.807) is 6.26 Å². The van der Waals surface area contributed by atoms with E-state index in [-0.39, 0.29) is 5.41 Å². The third kappa shape index (κ3) is 2.61. The van der Waals surface area contributed by atoms with Gasteiger partial charge in [-0.25, -0.2) is 0 Å². The zero-order chi connectivity index (χ0) is 18.6. The number of fused-ring (bicyclic) bond motifs is 2. The predicted molar refractivity (Wildman–Crippen MR) is 109 cm³/mol. The van der Waals surface area contributed by atoms with E-state index in [1.165, 1.54) is 38.9 Å². The zero-order valence-corrected chi connectivity index (χ0v) is 16.5. The average Bonchev–Trinajstić information content (AvgIpc) is 3.01. The minimum Gasteiger partial charge on any atom is -0.464 e. The van der Waals surface area contributed by atoms with E-state index in [0.717, 1.165) is 11.0 Å². The number of pyridine rings is 1. The Balaban J connectivity index is 2.07. The molecule has 2 aromatic carbocycles. The minimum absolute atomic E-state index is 0.142. The van der Waals surface area contributed by atoms with E-state index in [1.807, 2.05) is 6.07 Å². The molecular formula is C24H26NO+. The van der Waals surface area contributed by atoms with Gasteiger partial charge in [-0.05, 0) is 53.1 Å². The van der Waals surface area contributed by atoms with Gasteiger partial charge in [0.05, 0.1) is 17.2 Å². The van der Waals surface area contributed by atoms with E-state index in [2.05, 4.69) is 82.6 Å². The lowest BCUT2D eigenvalue weighted by Crippen LogP contribution is -2.35. The second-order valence-corrected chi connectivity index (χ2v) is 8.37. The molecule has 0 aliphatic heterocycles. The van der Waals surface area contributed by atoms with Gasteiger partial charge >= 0.3 is 0 Å². The van der Waals surface area contributed by atoms with Crippen LogP contribution in [0.5, 0.6) is 0 Å². The topological polar surface area (TPSA) is 17.0 Å². The van der Waals surface area contributed by atoms with Gasteiger partial charge < -0.3 is 4.42 Å². The van der Waals surface area contributed by atoms with Crippen molar-refractivity contribution in [3.05, 3.63) is 65.5 Å². The lowest BCUT2D eigenvalue weighted by molar-refractivity contribution is -0.665. The van der Waals surface area contributed by atoms with E-state index >= 15 is 0 Å². The summed E-state index contributed by atoms with van der Waals surface area (Å²) in [6.45, 7) is 11.1. The predicted octanol–water partition coefficient (Wildman–Crippen LogP) is 5.99. The first-order chi connectivity index (χ1) is 12.3. The number of benzene rings is 2. The molecule has 0 amide bonds. The smallest absolute Gasteiger partial charge is 0.220 e. The van der Waals surface area contributed by atoms with Crippen LogP contribution < -0.4 is 4.57 Å². The second-order valence-electron chi connectivity index (χ2n) is 8.37. The fourth-order valence-electron chi connectivity index (χ4n) is 3.75. The van der Waals surface area contributed by atoms with Gasteiger partial charge in [0.1, 0.15) is 12.6 Å². The van der Waals surface area contributed by atoms with E-state index in [4.69, 9.17) is 4.42 Å². The Morgan fingerprint density at radius 2 is 1.65 bits per heavy atom. The number of hydrogen-bond acceptors (Lipinski definition) is 1. The Kier molecular flexibility index (Phi) is 3.69. The molecule has 0 N–H and O–H groups in total. The minimum atomic E-state index is 0.142. The van der Waals surface area contributed by atoms with Crippen molar-refractivity contribution in [3.8, 4) is 11.3 Å². The van der Waals surface area contributed by atoms with Crippen molar-refractivity contribution in [2.45, 2.75) is 40.0 Å². The van der Waals surface area contributed by atoms with Gasteiger partial charge in [0, 0.05) is 18.4 Å². The first kappa shape index (κ1) is 16.8. The van der Waals surface area contributed by atoms with Crippen molar-refractivity contribution in [2.24, 2.45) is 7.05 Å². The van der Waals surface area contributed by atoms with Gasteiger partial charge in [-0.2, -0.15) is 4.57 Å². The summed E-state index contributed by atoms with van der Waals surface area (Å²) in [7, 11) is 2.15. The van der Waals surface area contributed by atoms with Crippen LogP contribution in [0.3, 0.4) is 0 Å². The van der Waals surface area contributed by atoms with Crippen LogP contribution in [-0.4, -0.2) is 0 Å². The third-order valence-corrected chi connectivity index (χ3v) is 5.46. The van der Waals surface area contributed by atoms with Gasteiger partial charge in [0.2, 0.25) is 5.69 Å². The molecule has 0 spiro atoms. The SMILES string of the molecule is Cc1cc2ccoc2cc1-c1c2ccc(C(C)(C)C)cc2cc(C)[n+]1C. The maximum Gasteiger partial charge on any atom is 0.220 e. The van der Waals surface area contributed by atoms with Crippen molar-refractivity contribution >= 4 is 21.7 Å². The van der Waals surface area contributed by atoms with Crippen LogP contribution in [0.4, 0.5) is 0 Å². The number of nitrogens with zero attached hydrogens (tertiary/aromatic N) is 1. The van der Waals surface area contributed by atoms with Crippen molar-refractivity contribution in [1.29, 1.82) is 0 Å². The molecule has 0 saturated carbocycles. The molecule has 0 fully saturated rings. The summed E-state index contributed by atoms with van der Waals surface area (Å²) >= 11 is 0. The highest BCUT2D eigenvalue weighted by Crippen LogP contribution is 2.34. The first-order valence-corrected chi connectivity index (χ1v) is 9.18. The Morgan fingerprint density at radius 1 is 0.885 bits per heavy atom. The molecule has 0 atom stereocenters. The maximum atomic E-state index is 5.67. The molecule has 0 aliphatic carbocycles. The lowest BCUT2D eigenvalue weighted by Gasteiger charge is -2.20. The Hall–Kier alpha value is -2.61. The van der Waals surface area contributed by atoms with Crippen molar-refractivity contribution in [1.82, 2.24) is 0 Å². The number of rotatable bonds is 1. The number of aryl methyl sites for hydroxylation is 2. The molecule has 0 radical (unpaired) electrons. The molecule has 2 heterocycles. The highest BCUT2D eigenvalue weighted by Gasteiger charge is 2.22. The van der Waals surface area contributed by atoms with Crippen LogP contribution in [0.1, 0.15) is 37.6 Å². The van der Waals surface area contributed by atoms with Crippen molar-refractivity contribution < 1.29 is 8.98 Å². The molecule has 0 bridgehead atoms. The molecule has 2 heteroatoms. The third-order valence-electron chi connectivity index (χ3n) is 5.46. The maximum absolute atomic E-state index is 5.67. The molecule has 0 saturated heterocycles. The first-order valence-electron chi connectivity index (χ1n) is 9.18. The van der Waals surface area contributed by atoms with Gasteiger partial charge in [0.15, 0.2) is 5.69 Å². The van der Waals surface area contributed by atoms with E-state index in [0.29, 0.717) is 0 Å². The second kappa shape index (κ2) is 5.70.